The third kappa shape index (κ3) is 4.07. The smallest absolute Gasteiger partial charge is 0.293 e. The molecule has 0 saturated heterocycles. The molecular weight excluding hydrogens is 252 g/mol. The maximum atomic E-state index is 11.9. The van der Waals surface area contributed by atoms with Crippen LogP contribution in [0.4, 0.5) is 0 Å². The van der Waals surface area contributed by atoms with Gasteiger partial charge < -0.3 is 0 Å². The van der Waals surface area contributed by atoms with Crippen LogP contribution in [0, 0.1) is 5.92 Å². The second kappa shape index (κ2) is 6.89. The van der Waals surface area contributed by atoms with Crippen molar-refractivity contribution in [3.05, 3.63) is 35.4 Å². The molecule has 1 aromatic carbocycles. The van der Waals surface area contributed by atoms with Crippen molar-refractivity contribution in [2.45, 2.75) is 58.5 Å². The van der Waals surface area contributed by atoms with Gasteiger partial charge in [0.05, 0.1) is 5.56 Å². The van der Waals surface area contributed by atoms with Crippen molar-refractivity contribution in [3.8, 4) is 0 Å². The van der Waals surface area contributed by atoms with Crippen molar-refractivity contribution in [2.75, 3.05) is 0 Å². The minimum absolute atomic E-state index is 0.0534. The van der Waals surface area contributed by atoms with Gasteiger partial charge in [0.2, 0.25) is 0 Å². The lowest BCUT2D eigenvalue weighted by molar-refractivity contribution is -0.281. The van der Waals surface area contributed by atoms with Crippen molar-refractivity contribution in [2.24, 2.45) is 5.92 Å². The van der Waals surface area contributed by atoms with E-state index in [1.165, 1.54) is 12.0 Å². The normalized spacial score (nSPS) is 22.8. The zero-order valence-electron chi connectivity index (χ0n) is 12.6. The number of hydrogen-bond acceptors (Lipinski definition) is 3. The molecule has 0 bridgehead atoms. The Balaban J connectivity index is 1.85. The molecule has 110 valence electrons. The van der Waals surface area contributed by atoms with E-state index in [9.17, 15) is 4.79 Å². The SMILES string of the molecule is CC1CCCC(OOC(=O)c2ccc(C(C)C)cc2)C1. The van der Waals surface area contributed by atoms with Gasteiger partial charge in [0.25, 0.3) is 0 Å². The second-order valence-corrected chi connectivity index (χ2v) is 6.14. The largest absolute Gasteiger partial charge is 0.373 e. The Morgan fingerprint density at radius 3 is 2.50 bits per heavy atom. The number of benzene rings is 1. The Morgan fingerprint density at radius 1 is 1.20 bits per heavy atom. The molecule has 0 radical (unpaired) electrons. The summed E-state index contributed by atoms with van der Waals surface area (Å²) in [5.74, 6) is 0.705. The zero-order chi connectivity index (χ0) is 14.5. The highest BCUT2D eigenvalue weighted by Gasteiger charge is 2.22. The average Bonchev–Trinajstić information content (AvgIpc) is 2.45. The fourth-order valence-electron chi connectivity index (χ4n) is 2.63. The van der Waals surface area contributed by atoms with Crippen LogP contribution < -0.4 is 0 Å². The Morgan fingerprint density at radius 2 is 1.90 bits per heavy atom. The highest BCUT2D eigenvalue weighted by atomic mass is 17.2. The van der Waals surface area contributed by atoms with Crippen LogP contribution in [0.2, 0.25) is 0 Å². The van der Waals surface area contributed by atoms with Gasteiger partial charge >= 0.3 is 5.97 Å². The van der Waals surface area contributed by atoms with E-state index in [-0.39, 0.29) is 6.10 Å². The van der Waals surface area contributed by atoms with Gasteiger partial charge in [-0.15, -0.1) is 0 Å². The first kappa shape index (κ1) is 15.0. The first-order chi connectivity index (χ1) is 9.56. The minimum Gasteiger partial charge on any atom is -0.293 e. The van der Waals surface area contributed by atoms with E-state index < -0.39 is 5.97 Å². The summed E-state index contributed by atoms with van der Waals surface area (Å²) < 4.78 is 0. The molecule has 0 heterocycles. The third-order valence-corrected chi connectivity index (χ3v) is 3.96. The second-order valence-electron chi connectivity index (χ2n) is 6.14. The fraction of sp³-hybridized carbons (Fsp3) is 0.588. The van der Waals surface area contributed by atoms with Crippen LogP contribution in [-0.2, 0) is 9.78 Å². The van der Waals surface area contributed by atoms with Crippen molar-refractivity contribution in [3.63, 3.8) is 0 Å². The molecule has 2 atom stereocenters. The Kier molecular flexibility index (Phi) is 5.18. The lowest BCUT2D eigenvalue weighted by atomic mass is 9.89. The lowest BCUT2D eigenvalue weighted by Crippen LogP contribution is -2.23. The zero-order valence-corrected chi connectivity index (χ0v) is 12.6. The number of carbonyl (C=O) groups excluding carboxylic acids is 1. The van der Waals surface area contributed by atoms with Crippen LogP contribution in [0.5, 0.6) is 0 Å². The third-order valence-electron chi connectivity index (χ3n) is 3.96. The first-order valence-corrected chi connectivity index (χ1v) is 7.54. The van der Waals surface area contributed by atoms with Crippen LogP contribution in [0.1, 0.15) is 68.3 Å². The molecule has 0 spiro atoms. The molecule has 1 aliphatic carbocycles. The van der Waals surface area contributed by atoms with Gasteiger partial charge in [-0.3, -0.25) is 4.89 Å². The van der Waals surface area contributed by atoms with Crippen molar-refractivity contribution in [1.82, 2.24) is 0 Å². The molecule has 0 N–H and O–H groups in total. The van der Waals surface area contributed by atoms with Crippen molar-refractivity contribution in [1.29, 1.82) is 0 Å². The number of carbonyl (C=O) groups is 1. The van der Waals surface area contributed by atoms with Crippen LogP contribution in [0.15, 0.2) is 24.3 Å². The van der Waals surface area contributed by atoms with Gasteiger partial charge in [-0.25, -0.2) is 4.79 Å². The number of rotatable bonds is 4. The maximum absolute atomic E-state index is 11.9. The van der Waals surface area contributed by atoms with Gasteiger partial charge in [-0.05, 0) is 42.4 Å². The lowest BCUT2D eigenvalue weighted by Gasteiger charge is -2.24. The molecule has 1 saturated carbocycles. The summed E-state index contributed by atoms with van der Waals surface area (Å²) in [7, 11) is 0. The predicted molar refractivity (Wildman–Crippen MR) is 78.5 cm³/mol. The van der Waals surface area contributed by atoms with E-state index in [1.54, 1.807) is 12.1 Å². The summed E-state index contributed by atoms with van der Waals surface area (Å²) in [6.45, 7) is 6.46. The standard InChI is InChI=1S/C17H24O3/c1-12(2)14-7-9-15(10-8-14)17(18)20-19-16-6-4-5-13(3)11-16/h7-10,12-13,16H,4-6,11H2,1-3H3. The average molecular weight is 276 g/mol. The molecule has 3 nitrogen and oxygen atoms in total. The van der Waals surface area contributed by atoms with Gasteiger partial charge in [-0.2, -0.15) is 4.89 Å². The van der Waals surface area contributed by atoms with E-state index in [4.69, 9.17) is 9.78 Å². The van der Waals surface area contributed by atoms with Crippen LogP contribution >= 0.6 is 0 Å². The van der Waals surface area contributed by atoms with Crippen LogP contribution in [0.25, 0.3) is 0 Å². The van der Waals surface area contributed by atoms with E-state index in [0.717, 1.165) is 19.3 Å². The Hall–Kier alpha value is -1.35. The molecule has 1 aliphatic rings. The molecule has 3 heteroatoms. The van der Waals surface area contributed by atoms with Crippen LogP contribution in [0.3, 0.4) is 0 Å². The quantitative estimate of drug-likeness (QED) is 0.601. The first-order valence-electron chi connectivity index (χ1n) is 7.54. The Bertz CT molecular complexity index is 436. The molecule has 1 aromatic rings. The highest BCUT2D eigenvalue weighted by molar-refractivity contribution is 5.88. The minimum atomic E-state index is -0.404. The number of hydrogen-bond donors (Lipinski definition) is 0. The van der Waals surface area contributed by atoms with Crippen molar-refractivity contribution >= 4 is 5.97 Å². The van der Waals surface area contributed by atoms with Crippen molar-refractivity contribution < 1.29 is 14.6 Å². The van der Waals surface area contributed by atoms with E-state index in [0.29, 0.717) is 17.4 Å². The molecule has 0 aliphatic heterocycles. The molecule has 0 aromatic heterocycles. The van der Waals surface area contributed by atoms with E-state index >= 15 is 0 Å². The molecule has 2 rings (SSSR count). The predicted octanol–water partition coefficient (Wildman–Crippen LogP) is 4.48. The summed E-state index contributed by atoms with van der Waals surface area (Å²) in [5, 5.41) is 0. The highest BCUT2D eigenvalue weighted by Crippen LogP contribution is 2.26. The summed E-state index contributed by atoms with van der Waals surface area (Å²) in [6.07, 6.45) is 4.39. The summed E-state index contributed by atoms with van der Waals surface area (Å²) in [4.78, 5) is 22.2. The molecule has 0 amide bonds. The molecule has 20 heavy (non-hydrogen) atoms. The monoisotopic (exact) mass is 276 g/mol. The van der Waals surface area contributed by atoms with Gasteiger partial charge in [0.15, 0.2) is 0 Å². The Labute approximate surface area is 121 Å². The fourth-order valence-corrected chi connectivity index (χ4v) is 2.63. The molecule has 1 fully saturated rings. The summed E-state index contributed by atoms with van der Waals surface area (Å²) >= 11 is 0. The summed E-state index contributed by atoms with van der Waals surface area (Å²) in [5.41, 5.74) is 1.75. The summed E-state index contributed by atoms with van der Waals surface area (Å²) in [6, 6.07) is 7.52. The molecule has 2 unspecified atom stereocenters. The van der Waals surface area contributed by atoms with E-state index in [2.05, 4.69) is 20.8 Å². The van der Waals surface area contributed by atoms with E-state index in [1.807, 2.05) is 12.1 Å². The molecular formula is C17H24O3. The maximum Gasteiger partial charge on any atom is 0.373 e. The van der Waals surface area contributed by atoms with Gasteiger partial charge in [-0.1, -0.05) is 45.7 Å². The van der Waals surface area contributed by atoms with Gasteiger partial charge in [0, 0.05) is 0 Å². The van der Waals surface area contributed by atoms with Gasteiger partial charge in [0.1, 0.15) is 6.10 Å². The topological polar surface area (TPSA) is 35.5 Å². The van der Waals surface area contributed by atoms with Crippen LogP contribution in [-0.4, -0.2) is 12.1 Å².